The van der Waals surface area contributed by atoms with Crippen molar-refractivity contribution < 1.29 is 4.74 Å². The molecule has 1 aliphatic heterocycles. The topological polar surface area (TPSA) is 22.1 Å². The van der Waals surface area contributed by atoms with Crippen LogP contribution in [0.3, 0.4) is 0 Å². The SMILES string of the molecule is CCc1c(-c2ccc(-c3cccc4c3-c3ccccc3C43c4ccc5ccccc5c4Oc4c3ccc3ccccc43)cc2)nc2ccccc2c1-c1ccccc1. The van der Waals surface area contributed by atoms with Crippen LogP contribution in [0.25, 0.3) is 77.1 Å². The molecule has 1 aliphatic carbocycles. The van der Waals surface area contributed by atoms with Gasteiger partial charge in [-0.2, -0.15) is 0 Å². The van der Waals surface area contributed by atoms with Gasteiger partial charge in [0.05, 0.1) is 16.6 Å². The van der Waals surface area contributed by atoms with Crippen molar-refractivity contribution in [2.24, 2.45) is 0 Å². The van der Waals surface area contributed by atoms with Gasteiger partial charge in [-0.05, 0) is 73.3 Å². The van der Waals surface area contributed by atoms with Gasteiger partial charge in [-0.3, -0.25) is 0 Å². The Labute approximate surface area is 337 Å². The number of para-hydroxylation sites is 1. The van der Waals surface area contributed by atoms with Crippen molar-refractivity contribution >= 4 is 32.4 Å². The van der Waals surface area contributed by atoms with Gasteiger partial charge in [-0.15, -0.1) is 0 Å². The van der Waals surface area contributed by atoms with Crippen molar-refractivity contribution in [2.75, 3.05) is 0 Å². The number of aromatic nitrogens is 1. The molecule has 0 bridgehead atoms. The molecule has 2 aliphatic rings. The third kappa shape index (κ3) is 4.51. The molecule has 2 nitrogen and oxygen atoms in total. The van der Waals surface area contributed by atoms with Gasteiger partial charge in [0.15, 0.2) is 0 Å². The van der Waals surface area contributed by atoms with E-state index in [0.717, 1.165) is 45.5 Å². The summed E-state index contributed by atoms with van der Waals surface area (Å²) in [6.07, 6.45) is 0.876. The fourth-order valence-corrected chi connectivity index (χ4v) is 10.3. The van der Waals surface area contributed by atoms with Crippen LogP contribution >= 0.6 is 0 Å². The zero-order valence-corrected chi connectivity index (χ0v) is 32.0. The molecule has 2 heteroatoms. The fraction of sp³-hybridized carbons (Fsp3) is 0.0536. The van der Waals surface area contributed by atoms with Gasteiger partial charge < -0.3 is 4.74 Å². The number of ether oxygens (including phenoxy) is 1. The molecule has 272 valence electrons. The van der Waals surface area contributed by atoms with Crippen LogP contribution in [-0.2, 0) is 11.8 Å². The summed E-state index contributed by atoms with van der Waals surface area (Å²) in [5.74, 6) is 1.87. The largest absolute Gasteiger partial charge is 0.455 e. The van der Waals surface area contributed by atoms with E-state index in [1.54, 1.807) is 0 Å². The van der Waals surface area contributed by atoms with Crippen LogP contribution in [-0.4, -0.2) is 4.98 Å². The molecule has 12 rings (SSSR count). The Morgan fingerprint density at radius 3 is 1.69 bits per heavy atom. The van der Waals surface area contributed by atoms with E-state index < -0.39 is 5.41 Å². The highest BCUT2D eigenvalue weighted by Crippen LogP contribution is 2.65. The quantitative estimate of drug-likeness (QED) is 0.179. The van der Waals surface area contributed by atoms with Crippen molar-refractivity contribution in [3.8, 4) is 56.1 Å². The summed E-state index contributed by atoms with van der Waals surface area (Å²) in [7, 11) is 0. The minimum Gasteiger partial charge on any atom is -0.455 e. The Bertz CT molecular complexity index is 3200. The highest BCUT2D eigenvalue weighted by atomic mass is 16.5. The summed E-state index contributed by atoms with van der Waals surface area (Å²) >= 11 is 0. The van der Waals surface area contributed by atoms with Gasteiger partial charge in [-0.1, -0.05) is 195 Å². The minimum absolute atomic E-state index is 0.586. The maximum absolute atomic E-state index is 7.17. The van der Waals surface area contributed by atoms with Crippen LogP contribution in [0.5, 0.6) is 11.5 Å². The normalized spacial score (nSPS) is 13.3. The molecule has 1 aromatic heterocycles. The van der Waals surface area contributed by atoms with E-state index in [-0.39, 0.29) is 0 Å². The van der Waals surface area contributed by atoms with Crippen LogP contribution in [0.1, 0.15) is 34.7 Å². The molecule has 0 saturated heterocycles. The van der Waals surface area contributed by atoms with Gasteiger partial charge in [0, 0.05) is 32.8 Å². The first-order valence-electron chi connectivity index (χ1n) is 20.3. The van der Waals surface area contributed by atoms with Crippen LogP contribution in [0.2, 0.25) is 0 Å². The number of fused-ring (bicyclic) bond motifs is 14. The molecule has 0 fully saturated rings. The monoisotopic (exact) mass is 739 g/mol. The molecule has 0 unspecified atom stereocenters. The zero-order valence-electron chi connectivity index (χ0n) is 32.0. The molecule has 1 spiro atoms. The summed E-state index contributed by atoms with van der Waals surface area (Å²) in [5, 5.41) is 5.78. The summed E-state index contributed by atoms with van der Waals surface area (Å²) < 4.78 is 7.17. The van der Waals surface area contributed by atoms with Crippen molar-refractivity contribution in [3.05, 3.63) is 222 Å². The maximum Gasteiger partial charge on any atom is 0.140 e. The molecule has 2 heterocycles. The van der Waals surface area contributed by atoms with E-state index in [1.807, 2.05) is 0 Å². The lowest BCUT2D eigenvalue weighted by Crippen LogP contribution is -2.32. The average molecular weight is 740 g/mol. The van der Waals surface area contributed by atoms with Crippen molar-refractivity contribution in [3.63, 3.8) is 0 Å². The van der Waals surface area contributed by atoms with Crippen molar-refractivity contribution in [1.82, 2.24) is 4.98 Å². The number of nitrogens with zero attached hydrogens (tertiary/aromatic N) is 1. The zero-order chi connectivity index (χ0) is 38.4. The van der Waals surface area contributed by atoms with Gasteiger partial charge in [-0.25, -0.2) is 4.98 Å². The molecular weight excluding hydrogens is 703 g/mol. The van der Waals surface area contributed by atoms with E-state index in [0.29, 0.717) is 0 Å². The second kappa shape index (κ2) is 12.6. The molecule has 0 saturated carbocycles. The average Bonchev–Trinajstić information content (AvgIpc) is 3.59. The Balaban J connectivity index is 1.09. The first-order chi connectivity index (χ1) is 28.7. The van der Waals surface area contributed by atoms with Crippen molar-refractivity contribution in [2.45, 2.75) is 18.8 Å². The van der Waals surface area contributed by atoms with Crippen LogP contribution in [0, 0.1) is 0 Å². The fourth-order valence-electron chi connectivity index (χ4n) is 10.3. The lowest BCUT2D eigenvalue weighted by molar-refractivity contribution is 0.447. The molecule has 0 radical (unpaired) electrons. The Kier molecular flexibility index (Phi) is 7.15. The van der Waals surface area contributed by atoms with Crippen LogP contribution in [0.4, 0.5) is 0 Å². The minimum atomic E-state index is -0.586. The highest BCUT2D eigenvalue weighted by molar-refractivity contribution is 6.03. The standard InChI is InChI=1S/C56H37NO/c1-2-40-51(38-17-4-3-5-18-38)45-22-11-13-26-50(45)57-53(40)39-29-27-37(28-30-39)41-23-14-25-47-52(41)44-21-10-12-24-46(44)56(47)48-33-31-35-15-6-8-19-42(35)54(48)58-55-43-20-9-7-16-36(43)32-34-49(55)56/h3-34H,2H2,1H3. The number of hydrogen-bond acceptors (Lipinski definition) is 2. The first kappa shape index (κ1) is 32.9. The van der Waals surface area contributed by atoms with Gasteiger partial charge in [0.25, 0.3) is 0 Å². The predicted molar refractivity (Wildman–Crippen MR) is 240 cm³/mol. The Morgan fingerprint density at radius 1 is 0.414 bits per heavy atom. The second-order valence-electron chi connectivity index (χ2n) is 15.6. The maximum atomic E-state index is 7.17. The predicted octanol–water partition coefficient (Wildman–Crippen LogP) is 14.6. The van der Waals surface area contributed by atoms with E-state index >= 15 is 0 Å². The van der Waals surface area contributed by atoms with Crippen LogP contribution in [0.15, 0.2) is 194 Å². The lowest BCUT2D eigenvalue weighted by Gasteiger charge is -2.40. The van der Waals surface area contributed by atoms with E-state index in [9.17, 15) is 0 Å². The third-order valence-corrected chi connectivity index (χ3v) is 12.7. The van der Waals surface area contributed by atoms with E-state index in [1.165, 1.54) is 77.4 Å². The summed E-state index contributed by atoms with van der Waals surface area (Å²) in [5.41, 5.74) is 16.2. The number of benzene rings is 9. The highest BCUT2D eigenvalue weighted by Gasteiger charge is 2.52. The number of hydrogen-bond donors (Lipinski definition) is 0. The first-order valence-corrected chi connectivity index (χ1v) is 20.3. The molecule has 0 atom stereocenters. The van der Waals surface area contributed by atoms with Gasteiger partial charge >= 0.3 is 0 Å². The summed E-state index contributed by atoms with van der Waals surface area (Å²) in [6, 6.07) is 70.8. The van der Waals surface area contributed by atoms with Crippen LogP contribution < -0.4 is 4.74 Å². The summed E-state index contributed by atoms with van der Waals surface area (Å²) in [4.78, 5) is 5.32. The van der Waals surface area contributed by atoms with Gasteiger partial charge in [0.1, 0.15) is 11.5 Å². The Morgan fingerprint density at radius 2 is 0.983 bits per heavy atom. The number of rotatable bonds is 4. The number of pyridine rings is 1. The Hall–Kier alpha value is -7.29. The molecule has 9 aromatic carbocycles. The molecule has 58 heavy (non-hydrogen) atoms. The third-order valence-electron chi connectivity index (χ3n) is 12.7. The molecular formula is C56H37NO. The van der Waals surface area contributed by atoms with E-state index in [2.05, 4.69) is 201 Å². The lowest BCUT2D eigenvalue weighted by atomic mass is 9.65. The molecule has 0 amide bonds. The summed E-state index contributed by atoms with van der Waals surface area (Å²) in [6.45, 7) is 2.24. The molecule has 10 aromatic rings. The van der Waals surface area contributed by atoms with Crippen molar-refractivity contribution in [1.29, 1.82) is 0 Å². The molecule has 0 N–H and O–H groups in total. The smallest absolute Gasteiger partial charge is 0.140 e. The van der Waals surface area contributed by atoms with E-state index in [4.69, 9.17) is 9.72 Å². The van der Waals surface area contributed by atoms with Gasteiger partial charge in [0.2, 0.25) is 0 Å². The second-order valence-corrected chi connectivity index (χ2v) is 15.6.